The molecule has 128 valence electrons. The molecule has 1 atom stereocenters. The number of hydrogen-bond donors (Lipinski definition) is 2. The Kier molecular flexibility index (Phi) is 5.93. The maximum absolute atomic E-state index is 11.6. The number of nitrogens with one attached hydrogen (secondary N) is 2. The molecule has 2 N–H and O–H groups in total. The number of hydrogen-bond acceptors (Lipinski definition) is 3. The van der Waals surface area contributed by atoms with Gasteiger partial charge in [0, 0.05) is 23.7 Å². The van der Waals surface area contributed by atoms with Crippen LogP contribution in [-0.4, -0.2) is 30.3 Å². The molecule has 1 aromatic rings. The molecule has 0 heterocycles. The van der Waals surface area contributed by atoms with Gasteiger partial charge in [-0.1, -0.05) is 23.7 Å². The highest BCUT2D eigenvalue weighted by Crippen LogP contribution is 2.37. The van der Waals surface area contributed by atoms with Crippen molar-refractivity contribution in [1.82, 2.24) is 10.6 Å². The van der Waals surface area contributed by atoms with E-state index in [0.717, 1.165) is 17.9 Å². The summed E-state index contributed by atoms with van der Waals surface area (Å²) < 4.78 is 5.23. The van der Waals surface area contributed by atoms with E-state index in [2.05, 4.69) is 29.7 Å². The third-order valence-electron chi connectivity index (χ3n) is 3.95. The van der Waals surface area contributed by atoms with Crippen LogP contribution in [0.4, 0.5) is 4.79 Å². The maximum Gasteiger partial charge on any atom is 0.407 e. The summed E-state index contributed by atoms with van der Waals surface area (Å²) in [4.78, 5) is 11.6. The smallest absolute Gasteiger partial charge is 0.407 e. The monoisotopic (exact) mass is 338 g/mol. The third-order valence-corrected chi connectivity index (χ3v) is 4.20. The molecule has 1 unspecified atom stereocenters. The maximum atomic E-state index is 11.6. The highest BCUT2D eigenvalue weighted by atomic mass is 35.5. The predicted octanol–water partition coefficient (Wildman–Crippen LogP) is 4.09. The van der Waals surface area contributed by atoms with Crippen LogP contribution < -0.4 is 10.6 Å². The van der Waals surface area contributed by atoms with Crippen LogP contribution in [0.3, 0.4) is 0 Å². The lowest BCUT2D eigenvalue weighted by Crippen LogP contribution is -2.49. The van der Waals surface area contributed by atoms with E-state index in [1.54, 1.807) is 0 Å². The number of amides is 1. The molecule has 1 amide bonds. The number of halogens is 1. The second-order valence-electron chi connectivity index (χ2n) is 7.37. The van der Waals surface area contributed by atoms with E-state index in [1.165, 1.54) is 5.56 Å². The molecule has 4 nitrogen and oxygen atoms in total. The number of benzene rings is 1. The molecule has 1 aromatic carbocycles. The molecule has 1 saturated carbocycles. The molecule has 0 aromatic heterocycles. The summed E-state index contributed by atoms with van der Waals surface area (Å²) >= 11 is 5.92. The van der Waals surface area contributed by atoms with Crippen molar-refractivity contribution < 1.29 is 9.53 Å². The molecular formula is C18H27ClN2O2. The van der Waals surface area contributed by atoms with Gasteiger partial charge in [-0.3, -0.25) is 0 Å². The number of carbonyl (C=O) groups excluding carboxylic acids is 1. The van der Waals surface area contributed by atoms with Crippen molar-refractivity contribution >= 4 is 17.7 Å². The molecular weight excluding hydrogens is 312 g/mol. The quantitative estimate of drug-likeness (QED) is 0.850. The lowest BCUT2D eigenvalue weighted by atomic mass is 9.75. The second kappa shape index (κ2) is 7.54. The van der Waals surface area contributed by atoms with Crippen LogP contribution in [0.2, 0.25) is 5.02 Å². The Bertz CT molecular complexity index is 519. The highest BCUT2D eigenvalue weighted by molar-refractivity contribution is 6.30. The minimum absolute atomic E-state index is 0.221. The van der Waals surface area contributed by atoms with Crippen molar-refractivity contribution in [2.75, 3.05) is 6.54 Å². The number of alkyl carbamates (subject to hydrolysis) is 1. The Morgan fingerprint density at radius 1 is 1.30 bits per heavy atom. The van der Waals surface area contributed by atoms with Gasteiger partial charge in [-0.05, 0) is 64.2 Å². The van der Waals surface area contributed by atoms with Gasteiger partial charge in [-0.2, -0.15) is 0 Å². The van der Waals surface area contributed by atoms with Crippen LogP contribution in [0.15, 0.2) is 24.3 Å². The second-order valence-corrected chi connectivity index (χ2v) is 7.80. The molecule has 5 heteroatoms. The first kappa shape index (κ1) is 18.1. The van der Waals surface area contributed by atoms with E-state index in [0.29, 0.717) is 18.5 Å². The fraction of sp³-hybridized carbons (Fsp3) is 0.611. The van der Waals surface area contributed by atoms with E-state index in [-0.39, 0.29) is 12.1 Å². The zero-order chi connectivity index (χ0) is 17.0. The van der Waals surface area contributed by atoms with E-state index in [9.17, 15) is 4.79 Å². The number of ether oxygens (including phenoxy) is 1. The van der Waals surface area contributed by atoms with E-state index >= 15 is 0 Å². The van der Waals surface area contributed by atoms with Crippen LogP contribution in [-0.2, 0) is 4.74 Å². The van der Waals surface area contributed by atoms with Gasteiger partial charge in [0.05, 0.1) is 0 Å². The molecule has 0 aliphatic heterocycles. The third kappa shape index (κ3) is 6.04. The van der Waals surface area contributed by atoms with Gasteiger partial charge < -0.3 is 15.4 Å². The standard InChI is InChI=1S/C18H27ClN2O2/c1-12(11-20-17(22)23-18(2,3)4)21-16-9-14(10-16)13-5-7-15(19)8-6-13/h5-8,12,14,16,21H,9-11H2,1-4H3,(H,20,22). The van der Waals surface area contributed by atoms with Gasteiger partial charge in [0.1, 0.15) is 5.60 Å². The lowest BCUT2D eigenvalue weighted by Gasteiger charge is -2.38. The van der Waals surface area contributed by atoms with E-state index in [1.807, 2.05) is 32.9 Å². The van der Waals surface area contributed by atoms with E-state index in [4.69, 9.17) is 16.3 Å². The molecule has 1 fully saturated rings. The van der Waals surface area contributed by atoms with Gasteiger partial charge in [-0.15, -0.1) is 0 Å². The van der Waals surface area contributed by atoms with Gasteiger partial charge >= 0.3 is 6.09 Å². The van der Waals surface area contributed by atoms with Crippen molar-refractivity contribution in [3.05, 3.63) is 34.9 Å². The first-order valence-electron chi connectivity index (χ1n) is 8.21. The largest absolute Gasteiger partial charge is 0.444 e. The summed E-state index contributed by atoms with van der Waals surface area (Å²) in [5, 5.41) is 7.13. The van der Waals surface area contributed by atoms with Gasteiger partial charge in [-0.25, -0.2) is 4.79 Å². The fourth-order valence-corrected chi connectivity index (χ4v) is 2.90. The van der Waals surface area contributed by atoms with Gasteiger partial charge in [0.25, 0.3) is 0 Å². The molecule has 0 bridgehead atoms. The number of rotatable bonds is 5. The summed E-state index contributed by atoms with van der Waals surface area (Å²) in [5.74, 6) is 0.607. The normalized spacial score (nSPS) is 22.1. The summed E-state index contributed by atoms with van der Waals surface area (Å²) in [7, 11) is 0. The fourth-order valence-electron chi connectivity index (χ4n) is 2.77. The predicted molar refractivity (Wildman–Crippen MR) is 94.0 cm³/mol. The molecule has 0 radical (unpaired) electrons. The summed E-state index contributed by atoms with van der Waals surface area (Å²) in [6.45, 7) is 8.22. The minimum Gasteiger partial charge on any atom is -0.444 e. The summed E-state index contributed by atoms with van der Waals surface area (Å²) in [6, 6.07) is 8.84. The average molecular weight is 339 g/mol. The first-order chi connectivity index (χ1) is 10.7. The van der Waals surface area contributed by atoms with Crippen LogP contribution in [0.5, 0.6) is 0 Å². The Hall–Kier alpha value is -1.26. The summed E-state index contributed by atoms with van der Waals surface area (Å²) in [5.41, 5.74) is 0.896. The molecule has 0 saturated heterocycles. The molecule has 1 aliphatic rings. The zero-order valence-corrected chi connectivity index (χ0v) is 15.1. The Balaban J connectivity index is 1.65. The van der Waals surface area contributed by atoms with Crippen LogP contribution in [0.1, 0.15) is 52.0 Å². The molecule has 23 heavy (non-hydrogen) atoms. The molecule has 2 rings (SSSR count). The average Bonchev–Trinajstić information content (AvgIpc) is 2.39. The van der Waals surface area contributed by atoms with Gasteiger partial charge in [0.15, 0.2) is 0 Å². The Morgan fingerprint density at radius 3 is 2.48 bits per heavy atom. The zero-order valence-electron chi connectivity index (χ0n) is 14.4. The van der Waals surface area contributed by atoms with Crippen molar-refractivity contribution in [2.45, 2.75) is 64.1 Å². The minimum atomic E-state index is -0.458. The van der Waals surface area contributed by atoms with Crippen LogP contribution in [0.25, 0.3) is 0 Å². The van der Waals surface area contributed by atoms with Crippen molar-refractivity contribution in [2.24, 2.45) is 0 Å². The van der Waals surface area contributed by atoms with E-state index < -0.39 is 5.60 Å². The van der Waals surface area contributed by atoms with Crippen LogP contribution in [0, 0.1) is 0 Å². The molecule has 0 spiro atoms. The first-order valence-corrected chi connectivity index (χ1v) is 8.59. The Labute approximate surface area is 143 Å². The Morgan fingerprint density at radius 2 is 1.91 bits per heavy atom. The summed E-state index contributed by atoms with van der Waals surface area (Å²) in [6.07, 6.45) is 1.88. The highest BCUT2D eigenvalue weighted by Gasteiger charge is 2.30. The van der Waals surface area contributed by atoms with Crippen molar-refractivity contribution in [3.63, 3.8) is 0 Å². The van der Waals surface area contributed by atoms with Crippen molar-refractivity contribution in [3.8, 4) is 0 Å². The van der Waals surface area contributed by atoms with Crippen LogP contribution >= 0.6 is 11.6 Å². The topological polar surface area (TPSA) is 50.4 Å². The lowest BCUT2D eigenvalue weighted by molar-refractivity contribution is 0.0521. The number of carbonyl (C=O) groups is 1. The molecule has 1 aliphatic carbocycles. The van der Waals surface area contributed by atoms with Crippen molar-refractivity contribution in [1.29, 1.82) is 0 Å². The van der Waals surface area contributed by atoms with Gasteiger partial charge in [0.2, 0.25) is 0 Å². The SMILES string of the molecule is CC(CNC(=O)OC(C)(C)C)NC1CC(c2ccc(Cl)cc2)C1.